The van der Waals surface area contributed by atoms with Crippen LogP contribution < -0.4 is 22.1 Å². The summed E-state index contributed by atoms with van der Waals surface area (Å²) in [5.41, 5.74) is 18.7. The molecule has 6 heteroatoms. The molecule has 0 amide bonds. The topological polar surface area (TPSA) is 81.3 Å². The van der Waals surface area contributed by atoms with Crippen LogP contribution in [0.5, 0.6) is 0 Å². The van der Waals surface area contributed by atoms with E-state index >= 15 is 0 Å². The summed E-state index contributed by atoms with van der Waals surface area (Å²) in [7, 11) is 0. The minimum atomic E-state index is -0.205. The SMILES string of the molecule is NCCc1c(N(CCN)CCN)ccc(F)c1I. The van der Waals surface area contributed by atoms with Gasteiger partial charge < -0.3 is 22.1 Å². The van der Waals surface area contributed by atoms with E-state index in [0.29, 0.717) is 42.7 Å². The smallest absolute Gasteiger partial charge is 0.136 e. The highest BCUT2D eigenvalue weighted by Gasteiger charge is 2.15. The van der Waals surface area contributed by atoms with Gasteiger partial charge in [-0.05, 0) is 53.3 Å². The maximum atomic E-state index is 13.6. The van der Waals surface area contributed by atoms with Crippen LogP contribution in [0.1, 0.15) is 5.56 Å². The van der Waals surface area contributed by atoms with Crippen LogP contribution in [-0.2, 0) is 6.42 Å². The molecule has 0 heterocycles. The largest absolute Gasteiger partial charge is 0.369 e. The minimum Gasteiger partial charge on any atom is -0.369 e. The number of nitrogens with two attached hydrogens (primary N) is 3. The lowest BCUT2D eigenvalue weighted by Gasteiger charge is -2.27. The van der Waals surface area contributed by atoms with E-state index in [4.69, 9.17) is 17.2 Å². The van der Waals surface area contributed by atoms with Gasteiger partial charge in [0.15, 0.2) is 0 Å². The number of benzene rings is 1. The Bertz CT molecular complexity index is 381. The Labute approximate surface area is 121 Å². The zero-order valence-corrected chi connectivity index (χ0v) is 12.5. The van der Waals surface area contributed by atoms with E-state index in [1.807, 2.05) is 22.6 Å². The second kappa shape index (κ2) is 7.88. The first-order chi connectivity index (χ1) is 8.65. The standard InChI is InChI=1S/C12H20FIN4/c13-10-1-2-11(9(3-4-15)12(10)14)18(7-5-16)8-6-17/h1-2H,3-8,15-17H2. The Kier molecular flexibility index (Phi) is 6.83. The quantitative estimate of drug-likeness (QED) is 0.620. The second-order valence-electron chi connectivity index (χ2n) is 3.96. The monoisotopic (exact) mass is 366 g/mol. The Balaban J connectivity index is 3.14. The number of halogens is 2. The molecule has 0 aliphatic heterocycles. The van der Waals surface area contributed by atoms with Crippen molar-refractivity contribution < 1.29 is 4.39 Å². The van der Waals surface area contributed by atoms with Crippen molar-refractivity contribution in [3.8, 4) is 0 Å². The first kappa shape index (κ1) is 15.6. The maximum absolute atomic E-state index is 13.6. The van der Waals surface area contributed by atoms with Gasteiger partial charge in [0.1, 0.15) is 5.82 Å². The molecular formula is C12H20FIN4. The number of nitrogens with zero attached hydrogens (tertiary/aromatic N) is 1. The highest BCUT2D eigenvalue weighted by Crippen LogP contribution is 2.27. The van der Waals surface area contributed by atoms with E-state index in [1.165, 1.54) is 6.07 Å². The number of hydrogen-bond acceptors (Lipinski definition) is 4. The van der Waals surface area contributed by atoms with Crippen molar-refractivity contribution in [1.29, 1.82) is 0 Å². The second-order valence-corrected chi connectivity index (χ2v) is 5.04. The number of rotatable bonds is 7. The molecule has 0 spiro atoms. The van der Waals surface area contributed by atoms with Gasteiger partial charge in [0.05, 0.1) is 3.57 Å². The fourth-order valence-electron chi connectivity index (χ4n) is 1.93. The third-order valence-electron chi connectivity index (χ3n) is 2.70. The molecular weight excluding hydrogens is 346 g/mol. The fraction of sp³-hybridized carbons (Fsp3) is 0.500. The van der Waals surface area contributed by atoms with Gasteiger partial charge in [0, 0.05) is 31.9 Å². The van der Waals surface area contributed by atoms with Crippen LogP contribution in [0.2, 0.25) is 0 Å². The third-order valence-corrected chi connectivity index (χ3v) is 3.87. The Morgan fingerprint density at radius 2 is 1.67 bits per heavy atom. The van der Waals surface area contributed by atoms with Crippen molar-refractivity contribution >= 4 is 28.3 Å². The molecule has 0 saturated heterocycles. The highest BCUT2D eigenvalue weighted by molar-refractivity contribution is 14.1. The lowest BCUT2D eigenvalue weighted by Crippen LogP contribution is -2.35. The Hall–Kier alpha value is -0.440. The van der Waals surface area contributed by atoms with Crippen LogP contribution in [-0.4, -0.2) is 32.7 Å². The summed E-state index contributed by atoms with van der Waals surface area (Å²) < 4.78 is 14.2. The molecule has 1 aromatic carbocycles. The van der Waals surface area contributed by atoms with Gasteiger partial charge in [-0.25, -0.2) is 4.39 Å². The molecule has 1 rings (SSSR count). The zero-order valence-electron chi connectivity index (χ0n) is 10.3. The van der Waals surface area contributed by atoms with Gasteiger partial charge in [0.25, 0.3) is 0 Å². The fourth-order valence-corrected chi connectivity index (χ4v) is 2.65. The molecule has 18 heavy (non-hydrogen) atoms. The zero-order chi connectivity index (χ0) is 13.5. The predicted molar refractivity (Wildman–Crippen MR) is 82.2 cm³/mol. The van der Waals surface area contributed by atoms with Gasteiger partial charge in [-0.3, -0.25) is 0 Å². The summed E-state index contributed by atoms with van der Waals surface area (Å²) in [5, 5.41) is 0. The van der Waals surface area contributed by atoms with Crippen molar-refractivity contribution in [2.45, 2.75) is 6.42 Å². The van der Waals surface area contributed by atoms with Crippen molar-refractivity contribution in [3.63, 3.8) is 0 Å². The summed E-state index contributed by atoms with van der Waals surface area (Å²) in [6, 6.07) is 3.27. The molecule has 4 nitrogen and oxygen atoms in total. The Morgan fingerprint density at radius 1 is 1.06 bits per heavy atom. The van der Waals surface area contributed by atoms with Crippen molar-refractivity contribution in [3.05, 3.63) is 27.1 Å². The van der Waals surface area contributed by atoms with Crippen LogP contribution in [0.3, 0.4) is 0 Å². The summed E-state index contributed by atoms with van der Waals surface area (Å²) >= 11 is 2.02. The van der Waals surface area contributed by atoms with Gasteiger partial charge >= 0.3 is 0 Å². The van der Waals surface area contributed by atoms with Crippen LogP contribution in [0.15, 0.2) is 12.1 Å². The van der Waals surface area contributed by atoms with E-state index < -0.39 is 0 Å². The average Bonchev–Trinajstić information content (AvgIpc) is 2.35. The molecule has 0 fully saturated rings. The van der Waals surface area contributed by atoms with Crippen molar-refractivity contribution in [2.75, 3.05) is 37.6 Å². The van der Waals surface area contributed by atoms with Gasteiger partial charge in [0.2, 0.25) is 0 Å². The first-order valence-electron chi connectivity index (χ1n) is 5.97. The van der Waals surface area contributed by atoms with E-state index in [1.54, 1.807) is 6.07 Å². The summed E-state index contributed by atoms with van der Waals surface area (Å²) in [6.45, 7) is 2.98. The minimum absolute atomic E-state index is 0.205. The maximum Gasteiger partial charge on any atom is 0.136 e. The first-order valence-corrected chi connectivity index (χ1v) is 7.05. The van der Waals surface area contributed by atoms with E-state index in [-0.39, 0.29) is 5.82 Å². The molecule has 0 radical (unpaired) electrons. The predicted octanol–water partition coefficient (Wildman–Crippen LogP) is 0.655. The van der Waals surface area contributed by atoms with Crippen molar-refractivity contribution in [1.82, 2.24) is 0 Å². The molecule has 6 N–H and O–H groups in total. The molecule has 0 atom stereocenters. The summed E-state index contributed by atoms with van der Waals surface area (Å²) in [4.78, 5) is 2.09. The molecule has 0 aromatic heterocycles. The van der Waals surface area contributed by atoms with E-state index in [0.717, 1.165) is 11.3 Å². The van der Waals surface area contributed by atoms with Crippen LogP contribution >= 0.6 is 22.6 Å². The lowest BCUT2D eigenvalue weighted by atomic mass is 10.1. The summed E-state index contributed by atoms with van der Waals surface area (Å²) in [5.74, 6) is -0.205. The number of hydrogen-bond donors (Lipinski definition) is 3. The Morgan fingerprint density at radius 3 is 2.17 bits per heavy atom. The molecule has 102 valence electrons. The molecule has 0 aliphatic rings. The van der Waals surface area contributed by atoms with Gasteiger partial charge in [-0.15, -0.1) is 0 Å². The average molecular weight is 366 g/mol. The van der Waals surface area contributed by atoms with Crippen molar-refractivity contribution in [2.24, 2.45) is 17.2 Å². The normalized spacial score (nSPS) is 10.7. The molecule has 0 saturated carbocycles. The molecule has 0 bridgehead atoms. The van der Waals surface area contributed by atoms with Crippen LogP contribution in [0.4, 0.5) is 10.1 Å². The van der Waals surface area contributed by atoms with Gasteiger partial charge in [-0.2, -0.15) is 0 Å². The molecule has 1 aromatic rings. The highest BCUT2D eigenvalue weighted by atomic mass is 127. The van der Waals surface area contributed by atoms with E-state index in [9.17, 15) is 4.39 Å². The summed E-state index contributed by atoms with van der Waals surface area (Å²) in [6.07, 6.45) is 0.650. The lowest BCUT2D eigenvalue weighted by molar-refractivity contribution is 0.616. The van der Waals surface area contributed by atoms with Crippen LogP contribution in [0.25, 0.3) is 0 Å². The van der Waals surface area contributed by atoms with Gasteiger partial charge in [-0.1, -0.05) is 0 Å². The molecule has 0 aliphatic carbocycles. The molecule has 0 unspecified atom stereocenters. The third kappa shape index (κ3) is 3.78. The van der Waals surface area contributed by atoms with Crippen LogP contribution in [0, 0.1) is 9.39 Å². The van der Waals surface area contributed by atoms with E-state index in [2.05, 4.69) is 4.90 Å². The number of anilines is 1.